The molecule has 0 aromatic rings. The summed E-state index contributed by atoms with van der Waals surface area (Å²) in [5.74, 6) is 2.83. The average molecular weight is 234 g/mol. The van der Waals surface area contributed by atoms with Crippen molar-refractivity contribution < 1.29 is 0 Å². The van der Waals surface area contributed by atoms with Crippen LogP contribution in [-0.2, 0) is 0 Å². The van der Waals surface area contributed by atoms with E-state index in [-0.39, 0.29) is 0 Å². The van der Waals surface area contributed by atoms with Crippen molar-refractivity contribution in [3.05, 3.63) is 0 Å². The average Bonchev–Trinajstić information content (AvgIpc) is 2.28. The van der Waals surface area contributed by atoms with Crippen molar-refractivity contribution >= 4 is 0 Å². The molecule has 0 spiro atoms. The van der Waals surface area contributed by atoms with Gasteiger partial charge >= 0.3 is 0 Å². The van der Waals surface area contributed by atoms with Gasteiger partial charge in [-0.2, -0.15) is 0 Å². The van der Waals surface area contributed by atoms with Gasteiger partial charge in [-0.1, -0.05) is 13.3 Å². The standard InChI is InChI=1S/C15H26N2/c1-4-7-12(3)17-14-8-6-9-15(17)11-13(10-14)16-5-2/h1,12-16H,5-11H2,2-3H3. The van der Waals surface area contributed by atoms with Crippen LogP contribution in [0.3, 0.4) is 0 Å². The molecule has 1 N–H and O–H groups in total. The third-order valence-electron chi connectivity index (χ3n) is 4.45. The Morgan fingerprint density at radius 3 is 2.53 bits per heavy atom. The Labute approximate surface area is 106 Å². The molecule has 0 aromatic carbocycles. The molecule has 2 saturated heterocycles. The van der Waals surface area contributed by atoms with Gasteiger partial charge in [0, 0.05) is 30.6 Å². The highest BCUT2D eigenvalue weighted by Crippen LogP contribution is 2.36. The Morgan fingerprint density at radius 2 is 2.00 bits per heavy atom. The SMILES string of the molecule is C#CCC(C)N1C2CCCC1CC(NCC)C2. The number of nitrogens with one attached hydrogen (secondary N) is 1. The molecule has 17 heavy (non-hydrogen) atoms. The van der Waals surface area contributed by atoms with Crippen LogP contribution in [-0.4, -0.2) is 35.6 Å². The molecule has 0 aliphatic carbocycles. The van der Waals surface area contributed by atoms with E-state index in [4.69, 9.17) is 6.42 Å². The third-order valence-corrected chi connectivity index (χ3v) is 4.45. The number of fused-ring (bicyclic) bond motifs is 2. The second kappa shape index (κ2) is 5.89. The first-order valence-electron chi connectivity index (χ1n) is 7.20. The van der Waals surface area contributed by atoms with Crippen LogP contribution in [0.5, 0.6) is 0 Å². The van der Waals surface area contributed by atoms with Crippen molar-refractivity contribution in [2.45, 2.75) is 76.5 Å². The van der Waals surface area contributed by atoms with E-state index in [9.17, 15) is 0 Å². The minimum atomic E-state index is 0.567. The van der Waals surface area contributed by atoms with Crippen LogP contribution in [0.25, 0.3) is 0 Å². The van der Waals surface area contributed by atoms with Gasteiger partial charge in [-0.3, -0.25) is 4.90 Å². The fourth-order valence-corrected chi connectivity index (χ4v) is 3.87. The normalized spacial score (nSPS) is 35.2. The summed E-state index contributed by atoms with van der Waals surface area (Å²) in [6.07, 6.45) is 13.2. The predicted octanol–water partition coefficient (Wildman–Crippen LogP) is 2.39. The van der Waals surface area contributed by atoms with E-state index in [2.05, 4.69) is 30.0 Å². The Bertz CT molecular complexity index is 267. The third kappa shape index (κ3) is 2.84. The summed E-state index contributed by atoms with van der Waals surface area (Å²) in [5, 5.41) is 3.64. The van der Waals surface area contributed by atoms with Gasteiger partial charge in [0.25, 0.3) is 0 Å². The van der Waals surface area contributed by atoms with Crippen molar-refractivity contribution in [1.29, 1.82) is 0 Å². The van der Waals surface area contributed by atoms with Gasteiger partial charge in [0.2, 0.25) is 0 Å². The number of rotatable bonds is 4. The van der Waals surface area contributed by atoms with Crippen molar-refractivity contribution in [3.63, 3.8) is 0 Å². The molecule has 0 aromatic heterocycles. The fraction of sp³-hybridized carbons (Fsp3) is 0.867. The van der Waals surface area contributed by atoms with Crippen LogP contribution >= 0.6 is 0 Å². The fourth-order valence-electron chi connectivity index (χ4n) is 3.87. The summed E-state index contributed by atoms with van der Waals surface area (Å²) in [6.45, 7) is 5.62. The Hall–Kier alpha value is -0.520. The predicted molar refractivity (Wildman–Crippen MR) is 72.9 cm³/mol. The first-order valence-corrected chi connectivity index (χ1v) is 7.20. The minimum Gasteiger partial charge on any atom is -0.314 e. The number of terminal acetylenes is 1. The summed E-state index contributed by atoms with van der Waals surface area (Å²) in [7, 11) is 0. The van der Waals surface area contributed by atoms with E-state index in [1.165, 1.54) is 32.1 Å². The lowest BCUT2D eigenvalue weighted by molar-refractivity contribution is -0.00351. The topological polar surface area (TPSA) is 15.3 Å². The van der Waals surface area contributed by atoms with Crippen molar-refractivity contribution in [1.82, 2.24) is 10.2 Å². The van der Waals surface area contributed by atoms with Gasteiger partial charge in [-0.05, 0) is 39.2 Å². The summed E-state index contributed by atoms with van der Waals surface area (Å²) in [4.78, 5) is 2.73. The van der Waals surface area contributed by atoms with E-state index < -0.39 is 0 Å². The maximum atomic E-state index is 5.47. The molecule has 2 heterocycles. The Morgan fingerprint density at radius 1 is 1.35 bits per heavy atom. The van der Waals surface area contributed by atoms with Crippen molar-refractivity contribution in [2.24, 2.45) is 0 Å². The molecule has 2 nitrogen and oxygen atoms in total. The maximum Gasteiger partial charge on any atom is 0.0240 e. The highest BCUT2D eigenvalue weighted by molar-refractivity contribution is 4.99. The molecule has 2 aliphatic rings. The highest BCUT2D eigenvalue weighted by atomic mass is 15.2. The zero-order valence-corrected chi connectivity index (χ0v) is 11.3. The highest BCUT2D eigenvalue weighted by Gasteiger charge is 2.39. The molecular weight excluding hydrogens is 208 g/mol. The van der Waals surface area contributed by atoms with E-state index >= 15 is 0 Å². The van der Waals surface area contributed by atoms with Gasteiger partial charge in [-0.25, -0.2) is 0 Å². The second-order valence-electron chi connectivity index (χ2n) is 5.67. The van der Waals surface area contributed by atoms with Gasteiger partial charge < -0.3 is 5.32 Å². The van der Waals surface area contributed by atoms with Gasteiger partial charge in [-0.15, -0.1) is 12.3 Å². The van der Waals surface area contributed by atoms with E-state index in [1.807, 2.05) is 0 Å². The number of hydrogen-bond acceptors (Lipinski definition) is 2. The van der Waals surface area contributed by atoms with Crippen molar-refractivity contribution in [2.75, 3.05) is 6.54 Å². The summed E-state index contributed by atoms with van der Waals surface area (Å²) in [5.41, 5.74) is 0. The van der Waals surface area contributed by atoms with Gasteiger partial charge in [0.05, 0.1) is 0 Å². The first kappa shape index (κ1) is 12.9. The molecule has 96 valence electrons. The largest absolute Gasteiger partial charge is 0.314 e. The molecule has 0 amide bonds. The molecule has 0 saturated carbocycles. The lowest BCUT2D eigenvalue weighted by Crippen LogP contribution is -2.58. The number of hydrogen-bond donors (Lipinski definition) is 1. The van der Waals surface area contributed by atoms with Gasteiger partial charge in [0.1, 0.15) is 0 Å². The van der Waals surface area contributed by atoms with Gasteiger partial charge in [0.15, 0.2) is 0 Å². The lowest BCUT2D eigenvalue weighted by atomic mass is 9.80. The second-order valence-corrected chi connectivity index (χ2v) is 5.67. The molecule has 3 atom stereocenters. The van der Waals surface area contributed by atoms with E-state index in [1.54, 1.807) is 0 Å². The maximum absolute atomic E-state index is 5.47. The van der Waals surface area contributed by atoms with Crippen LogP contribution in [0.15, 0.2) is 0 Å². The zero-order valence-electron chi connectivity index (χ0n) is 11.3. The summed E-state index contributed by atoms with van der Waals surface area (Å²) < 4.78 is 0. The van der Waals surface area contributed by atoms with E-state index in [0.29, 0.717) is 6.04 Å². The Balaban J connectivity index is 2.02. The molecule has 0 radical (unpaired) electrons. The quantitative estimate of drug-likeness (QED) is 0.751. The lowest BCUT2D eigenvalue weighted by Gasteiger charge is -2.51. The molecule has 2 rings (SSSR count). The van der Waals surface area contributed by atoms with Crippen molar-refractivity contribution in [3.8, 4) is 12.3 Å². The summed E-state index contributed by atoms with van der Waals surface area (Å²) >= 11 is 0. The van der Waals surface area contributed by atoms with E-state index in [0.717, 1.165) is 31.1 Å². The van der Waals surface area contributed by atoms with Crippen LogP contribution in [0, 0.1) is 12.3 Å². The molecule has 2 fully saturated rings. The monoisotopic (exact) mass is 234 g/mol. The minimum absolute atomic E-state index is 0.567. The van der Waals surface area contributed by atoms with Crippen LogP contribution in [0.2, 0.25) is 0 Å². The molecule has 3 unspecified atom stereocenters. The molecule has 2 heteroatoms. The van der Waals surface area contributed by atoms with Crippen LogP contribution < -0.4 is 5.32 Å². The first-order chi connectivity index (χ1) is 8.26. The molecule has 2 aliphatic heterocycles. The zero-order chi connectivity index (χ0) is 12.3. The number of piperidine rings is 2. The Kier molecular flexibility index (Phi) is 4.48. The number of nitrogens with zero attached hydrogens (tertiary/aromatic N) is 1. The molecular formula is C15H26N2. The van der Waals surface area contributed by atoms with Crippen LogP contribution in [0.1, 0.15) is 52.4 Å². The van der Waals surface area contributed by atoms with Crippen LogP contribution in [0.4, 0.5) is 0 Å². The molecule has 2 bridgehead atoms. The summed E-state index contributed by atoms with van der Waals surface area (Å²) in [6, 6.07) is 2.85. The smallest absolute Gasteiger partial charge is 0.0240 e.